The molecule has 0 spiro atoms. The number of ketones is 1. The minimum absolute atomic E-state index is 0.144. The molecule has 2 unspecified atom stereocenters. The van der Waals surface area contributed by atoms with Crippen LogP contribution in [0.1, 0.15) is 60.6 Å². The maximum atomic E-state index is 14.2. The van der Waals surface area contributed by atoms with Crippen molar-refractivity contribution >= 4 is 12.1 Å². The van der Waals surface area contributed by atoms with E-state index in [2.05, 4.69) is 5.10 Å². The van der Waals surface area contributed by atoms with Gasteiger partial charge in [0.1, 0.15) is 18.2 Å². The predicted molar refractivity (Wildman–Crippen MR) is 80.0 cm³/mol. The van der Waals surface area contributed by atoms with Gasteiger partial charge in [0.2, 0.25) is 0 Å². The van der Waals surface area contributed by atoms with Crippen molar-refractivity contribution in [3.63, 3.8) is 0 Å². The molecule has 0 N–H and O–H groups in total. The number of aldehydes is 1. The molecule has 7 heteroatoms. The molecule has 1 aromatic heterocycles. The summed E-state index contributed by atoms with van der Waals surface area (Å²) in [5.41, 5.74) is 0.399. The van der Waals surface area contributed by atoms with Crippen molar-refractivity contribution in [1.82, 2.24) is 9.78 Å². The molecule has 24 heavy (non-hydrogen) atoms. The standard InChI is InChI=1S/C17H20F2N2O3/c1-16-9-11-10(8-13(16)17(16,18)19)15(12(23)5-6-22)20-21(11)14-4-2-3-7-24-14/h6,13-14H,2-5,7-9H2,1H3/t13-,14?,16?/m0/s1. The van der Waals surface area contributed by atoms with Crippen LogP contribution < -0.4 is 0 Å². The Morgan fingerprint density at radius 2 is 2.25 bits per heavy atom. The number of nitrogens with zero attached hydrogens (tertiary/aromatic N) is 2. The van der Waals surface area contributed by atoms with Crippen LogP contribution in [-0.4, -0.2) is 34.4 Å². The van der Waals surface area contributed by atoms with Crippen LogP contribution in [0.5, 0.6) is 0 Å². The Balaban J connectivity index is 1.76. The second-order valence-corrected chi connectivity index (χ2v) is 7.31. The highest BCUT2D eigenvalue weighted by Crippen LogP contribution is 2.70. The highest BCUT2D eigenvalue weighted by atomic mass is 19.3. The van der Waals surface area contributed by atoms with E-state index in [0.29, 0.717) is 24.2 Å². The lowest BCUT2D eigenvalue weighted by atomic mass is 9.86. The van der Waals surface area contributed by atoms with Crippen LogP contribution in [0, 0.1) is 11.3 Å². The highest BCUT2D eigenvalue weighted by Gasteiger charge is 2.78. The molecule has 1 saturated carbocycles. The van der Waals surface area contributed by atoms with Gasteiger partial charge in [-0.1, -0.05) is 6.92 Å². The molecule has 2 fully saturated rings. The minimum Gasteiger partial charge on any atom is -0.357 e. The summed E-state index contributed by atoms with van der Waals surface area (Å²) >= 11 is 0. The van der Waals surface area contributed by atoms with E-state index in [0.717, 1.165) is 19.3 Å². The van der Waals surface area contributed by atoms with Crippen molar-refractivity contribution in [2.24, 2.45) is 11.3 Å². The number of Topliss-reactive ketones (excluding diaryl/α,β-unsaturated/α-hetero) is 1. The molecule has 0 amide bonds. The molecule has 5 nitrogen and oxygen atoms in total. The minimum atomic E-state index is -2.71. The molecule has 4 rings (SSSR count). The van der Waals surface area contributed by atoms with E-state index in [1.165, 1.54) is 0 Å². The number of carbonyl (C=O) groups excluding carboxylic acids is 2. The Morgan fingerprint density at radius 1 is 1.46 bits per heavy atom. The first-order chi connectivity index (χ1) is 11.4. The van der Waals surface area contributed by atoms with Crippen molar-refractivity contribution in [2.45, 2.75) is 57.6 Å². The van der Waals surface area contributed by atoms with E-state index in [1.807, 2.05) is 0 Å². The molecule has 3 atom stereocenters. The number of hydrogen-bond acceptors (Lipinski definition) is 4. The molecule has 130 valence electrons. The first kappa shape index (κ1) is 15.9. The Labute approximate surface area is 138 Å². The summed E-state index contributed by atoms with van der Waals surface area (Å²) < 4.78 is 35.8. The summed E-state index contributed by atoms with van der Waals surface area (Å²) in [5.74, 6) is -3.86. The van der Waals surface area contributed by atoms with E-state index in [-0.39, 0.29) is 31.2 Å². The van der Waals surface area contributed by atoms with E-state index < -0.39 is 23.0 Å². The van der Waals surface area contributed by atoms with Crippen molar-refractivity contribution in [2.75, 3.05) is 6.61 Å². The van der Waals surface area contributed by atoms with Crippen LogP contribution in [0.4, 0.5) is 8.78 Å². The lowest BCUT2D eigenvalue weighted by molar-refractivity contribution is -0.107. The lowest BCUT2D eigenvalue weighted by Gasteiger charge is -2.26. The van der Waals surface area contributed by atoms with Gasteiger partial charge in [0.15, 0.2) is 5.78 Å². The van der Waals surface area contributed by atoms with Gasteiger partial charge in [-0.15, -0.1) is 0 Å². The van der Waals surface area contributed by atoms with E-state index >= 15 is 0 Å². The van der Waals surface area contributed by atoms with Crippen LogP contribution in [-0.2, 0) is 22.4 Å². The third-order valence-corrected chi connectivity index (χ3v) is 5.91. The van der Waals surface area contributed by atoms with Crippen LogP contribution in [0.25, 0.3) is 0 Å². The van der Waals surface area contributed by atoms with Crippen LogP contribution in [0.2, 0.25) is 0 Å². The topological polar surface area (TPSA) is 61.2 Å². The van der Waals surface area contributed by atoms with Crippen molar-refractivity contribution in [1.29, 1.82) is 0 Å². The summed E-state index contributed by atoms with van der Waals surface area (Å²) in [4.78, 5) is 22.9. The molecule has 2 heterocycles. The monoisotopic (exact) mass is 338 g/mol. The largest absolute Gasteiger partial charge is 0.357 e. The molecular formula is C17H20F2N2O3. The van der Waals surface area contributed by atoms with Gasteiger partial charge in [-0.25, -0.2) is 13.5 Å². The van der Waals surface area contributed by atoms with Crippen molar-refractivity contribution in [3.8, 4) is 0 Å². The van der Waals surface area contributed by atoms with Gasteiger partial charge in [-0.3, -0.25) is 4.79 Å². The summed E-state index contributed by atoms with van der Waals surface area (Å²) in [6, 6.07) is 0. The van der Waals surface area contributed by atoms with Gasteiger partial charge in [-0.2, -0.15) is 5.10 Å². The van der Waals surface area contributed by atoms with Gasteiger partial charge in [-0.05, 0) is 25.7 Å². The Hall–Kier alpha value is -1.63. The Morgan fingerprint density at radius 3 is 2.92 bits per heavy atom. The number of hydrogen-bond donors (Lipinski definition) is 0. The number of aromatic nitrogens is 2. The number of carbonyl (C=O) groups is 2. The number of rotatable bonds is 4. The van der Waals surface area contributed by atoms with E-state index in [1.54, 1.807) is 11.6 Å². The first-order valence-electron chi connectivity index (χ1n) is 8.46. The lowest BCUT2D eigenvalue weighted by Crippen LogP contribution is -2.24. The third-order valence-electron chi connectivity index (χ3n) is 5.91. The first-order valence-corrected chi connectivity index (χ1v) is 8.46. The van der Waals surface area contributed by atoms with Crippen LogP contribution in [0.15, 0.2) is 0 Å². The average molecular weight is 338 g/mol. The van der Waals surface area contributed by atoms with Gasteiger partial charge in [0.05, 0.1) is 6.42 Å². The van der Waals surface area contributed by atoms with Crippen LogP contribution >= 0.6 is 0 Å². The predicted octanol–water partition coefficient (Wildman–Crippen LogP) is 2.72. The molecule has 1 saturated heterocycles. The average Bonchev–Trinajstić information content (AvgIpc) is 2.85. The Kier molecular flexibility index (Phi) is 3.43. The molecule has 0 radical (unpaired) electrons. The maximum absolute atomic E-state index is 14.2. The quantitative estimate of drug-likeness (QED) is 0.481. The fourth-order valence-corrected chi connectivity index (χ4v) is 4.28. The summed E-state index contributed by atoms with van der Waals surface area (Å²) in [6.45, 7) is 2.21. The van der Waals surface area contributed by atoms with E-state index in [4.69, 9.17) is 4.74 Å². The molecule has 0 bridgehead atoms. The highest BCUT2D eigenvalue weighted by molar-refractivity contribution is 6.02. The fourth-order valence-electron chi connectivity index (χ4n) is 4.28. The normalized spacial score (nSPS) is 33.5. The maximum Gasteiger partial charge on any atom is 0.258 e. The zero-order chi connectivity index (χ0) is 17.1. The van der Waals surface area contributed by atoms with Crippen LogP contribution in [0.3, 0.4) is 0 Å². The second kappa shape index (κ2) is 5.18. The van der Waals surface area contributed by atoms with E-state index in [9.17, 15) is 18.4 Å². The smallest absolute Gasteiger partial charge is 0.258 e. The Bertz CT molecular complexity index is 709. The van der Waals surface area contributed by atoms with Gasteiger partial charge >= 0.3 is 0 Å². The molecule has 1 aliphatic heterocycles. The molecule has 2 aliphatic carbocycles. The number of ether oxygens (including phenoxy) is 1. The second-order valence-electron chi connectivity index (χ2n) is 7.31. The SMILES string of the molecule is CC12Cc3c(c(C(=O)CC=O)nn3C3CCCCO3)C[C@@H]1C2(F)F. The summed E-state index contributed by atoms with van der Waals surface area (Å²) in [5, 5.41) is 4.41. The van der Waals surface area contributed by atoms with Gasteiger partial charge in [0, 0.05) is 35.6 Å². The zero-order valence-electron chi connectivity index (χ0n) is 13.6. The van der Waals surface area contributed by atoms with Gasteiger partial charge in [0.25, 0.3) is 5.92 Å². The van der Waals surface area contributed by atoms with Crippen molar-refractivity contribution in [3.05, 3.63) is 17.0 Å². The summed E-state index contributed by atoms with van der Waals surface area (Å²) in [6.07, 6.45) is 3.00. The third kappa shape index (κ3) is 2.03. The van der Waals surface area contributed by atoms with Crippen molar-refractivity contribution < 1.29 is 23.1 Å². The number of halogens is 2. The molecular weight excluding hydrogens is 318 g/mol. The zero-order valence-corrected chi connectivity index (χ0v) is 13.6. The number of alkyl halides is 2. The fraction of sp³-hybridized carbons (Fsp3) is 0.706. The summed E-state index contributed by atoms with van der Waals surface area (Å²) in [7, 11) is 0. The molecule has 0 aromatic carbocycles. The number of fused-ring (bicyclic) bond motifs is 2. The molecule has 3 aliphatic rings. The van der Waals surface area contributed by atoms with Gasteiger partial charge < -0.3 is 9.53 Å². The molecule has 1 aromatic rings.